The highest BCUT2D eigenvalue weighted by Crippen LogP contribution is 2.57. The van der Waals surface area contributed by atoms with Gasteiger partial charge in [0.25, 0.3) is 0 Å². The molecule has 2 heterocycles. The summed E-state index contributed by atoms with van der Waals surface area (Å²) in [6, 6.07) is 10.7. The average molecular weight is 312 g/mol. The van der Waals surface area contributed by atoms with Crippen LogP contribution in [0.2, 0.25) is 0 Å². The molecule has 3 aliphatic rings. The summed E-state index contributed by atoms with van der Waals surface area (Å²) < 4.78 is 0. The molecule has 3 fully saturated rings. The Bertz CT molecular complexity index is 579. The molecule has 0 radical (unpaired) electrons. The predicted octanol–water partition coefficient (Wildman–Crippen LogP) is 2.86. The minimum atomic E-state index is 0.293. The molecule has 1 saturated carbocycles. The van der Waals surface area contributed by atoms with Crippen LogP contribution in [0.5, 0.6) is 0 Å². The van der Waals surface area contributed by atoms with Gasteiger partial charge in [-0.3, -0.25) is 4.79 Å². The van der Waals surface area contributed by atoms with Crippen molar-refractivity contribution in [2.24, 2.45) is 16.7 Å². The number of nitrogens with zero attached hydrogens (tertiary/aromatic N) is 1. The second kappa shape index (κ2) is 5.62. The SMILES string of the molecule is CC1(CCc2ccccc2)CCN(C(=O)C2CC23CCNC3)C1. The fourth-order valence-electron chi connectivity index (χ4n) is 4.66. The van der Waals surface area contributed by atoms with Crippen LogP contribution in [0.15, 0.2) is 30.3 Å². The number of benzene rings is 1. The summed E-state index contributed by atoms with van der Waals surface area (Å²) in [5.74, 6) is 0.756. The van der Waals surface area contributed by atoms with Gasteiger partial charge in [0, 0.05) is 25.6 Å². The van der Waals surface area contributed by atoms with Crippen LogP contribution in [0, 0.1) is 16.7 Å². The zero-order valence-corrected chi connectivity index (χ0v) is 14.2. The van der Waals surface area contributed by atoms with Crippen LogP contribution in [0.3, 0.4) is 0 Å². The smallest absolute Gasteiger partial charge is 0.226 e. The van der Waals surface area contributed by atoms with Crippen molar-refractivity contribution in [3.63, 3.8) is 0 Å². The summed E-state index contributed by atoms with van der Waals surface area (Å²) in [5, 5.41) is 3.43. The second-order valence-electron chi connectivity index (χ2n) is 8.35. The molecule has 124 valence electrons. The molecule has 0 bridgehead atoms. The minimum absolute atomic E-state index is 0.293. The Labute approximate surface area is 139 Å². The maximum absolute atomic E-state index is 12.8. The van der Waals surface area contributed by atoms with Crippen LogP contribution in [-0.2, 0) is 11.2 Å². The fraction of sp³-hybridized carbons (Fsp3) is 0.650. The van der Waals surface area contributed by atoms with Gasteiger partial charge < -0.3 is 10.2 Å². The highest BCUT2D eigenvalue weighted by molar-refractivity contribution is 5.83. The van der Waals surface area contributed by atoms with Crippen molar-refractivity contribution in [3.8, 4) is 0 Å². The van der Waals surface area contributed by atoms with Crippen LogP contribution >= 0.6 is 0 Å². The van der Waals surface area contributed by atoms with E-state index in [9.17, 15) is 4.79 Å². The third-order valence-corrected chi connectivity index (χ3v) is 6.49. The Hall–Kier alpha value is -1.35. The molecule has 2 aliphatic heterocycles. The molecule has 23 heavy (non-hydrogen) atoms. The minimum Gasteiger partial charge on any atom is -0.342 e. The Morgan fingerprint density at radius 3 is 2.87 bits per heavy atom. The van der Waals surface area contributed by atoms with Gasteiger partial charge >= 0.3 is 0 Å². The third kappa shape index (κ3) is 2.91. The molecule has 1 N–H and O–H groups in total. The number of aryl methyl sites for hydroxylation is 1. The monoisotopic (exact) mass is 312 g/mol. The Kier molecular flexibility index (Phi) is 3.72. The van der Waals surface area contributed by atoms with Gasteiger partial charge in [-0.05, 0) is 55.0 Å². The lowest BCUT2D eigenvalue weighted by molar-refractivity contribution is -0.132. The first-order valence-electron chi connectivity index (χ1n) is 9.14. The number of hydrogen-bond acceptors (Lipinski definition) is 2. The van der Waals surface area contributed by atoms with Crippen LogP contribution in [-0.4, -0.2) is 37.0 Å². The fourth-order valence-corrected chi connectivity index (χ4v) is 4.66. The zero-order valence-electron chi connectivity index (χ0n) is 14.2. The number of amides is 1. The second-order valence-corrected chi connectivity index (χ2v) is 8.35. The van der Waals surface area contributed by atoms with E-state index >= 15 is 0 Å². The average Bonchev–Trinajstić information content (AvgIpc) is 2.88. The van der Waals surface area contributed by atoms with Gasteiger partial charge in [0.1, 0.15) is 0 Å². The van der Waals surface area contributed by atoms with E-state index in [0.717, 1.165) is 45.4 Å². The molecule has 3 atom stereocenters. The standard InChI is InChI=1S/C20H28N2O/c1-19(8-7-16-5-3-2-4-6-16)10-12-22(15-19)18(23)17-13-20(17)9-11-21-14-20/h2-6,17,21H,7-15H2,1H3. The number of rotatable bonds is 4. The lowest BCUT2D eigenvalue weighted by Gasteiger charge is -2.25. The molecule has 3 unspecified atom stereocenters. The van der Waals surface area contributed by atoms with Gasteiger partial charge in [-0.15, -0.1) is 0 Å². The van der Waals surface area contributed by atoms with E-state index in [1.807, 2.05) is 0 Å². The van der Waals surface area contributed by atoms with Crippen molar-refractivity contribution in [2.45, 2.75) is 39.0 Å². The topological polar surface area (TPSA) is 32.3 Å². The Morgan fingerprint density at radius 1 is 1.30 bits per heavy atom. The van der Waals surface area contributed by atoms with Crippen LogP contribution < -0.4 is 5.32 Å². The van der Waals surface area contributed by atoms with Gasteiger partial charge in [-0.25, -0.2) is 0 Å². The van der Waals surface area contributed by atoms with E-state index in [1.165, 1.54) is 18.4 Å². The number of hydrogen-bond donors (Lipinski definition) is 1. The third-order valence-electron chi connectivity index (χ3n) is 6.49. The van der Waals surface area contributed by atoms with Crippen molar-refractivity contribution in [1.82, 2.24) is 10.2 Å². The summed E-state index contributed by atoms with van der Waals surface area (Å²) in [6.45, 7) is 6.44. The van der Waals surface area contributed by atoms with Crippen LogP contribution in [0.25, 0.3) is 0 Å². The first-order valence-corrected chi connectivity index (χ1v) is 9.14. The molecule has 1 amide bonds. The maximum Gasteiger partial charge on any atom is 0.226 e. The predicted molar refractivity (Wildman–Crippen MR) is 92.1 cm³/mol. The molecule has 1 aromatic rings. The molecule has 4 rings (SSSR count). The van der Waals surface area contributed by atoms with Crippen molar-refractivity contribution in [2.75, 3.05) is 26.2 Å². The van der Waals surface area contributed by atoms with Crippen LogP contribution in [0.4, 0.5) is 0 Å². The number of carbonyl (C=O) groups excluding carboxylic acids is 1. The molecule has 1 aromatic carbocycles. The van der Waals surface area contributed by atoms with E-state index in [1.54, 1.807) is 0 Å². The normalized spacial score (nSPS) is 35.9. The molecular formula is C20H28N2O. The maximum atomic E-state index is 12.8. The van der Waals surface area contributed by atoms with Gasteiger partial charge in [-0.1, -0.05) is 37.3 Å². The largest absolute Gasteiger partial charge is 0.342 e. The summed E-state index contributed by atoms with van der Waals surface area (Å²) >= 11 is 0. The molecule has 3 nitrogen and oxygen atoms in total. The van der Waals surface area contributed by atoms with Crippen molar-refractivity contribution in [1.29, 1.82) is 0 Å². The van der Waals surface area contributed by atoms with E-state index in [0.29, 0.717) is 22.7 Å². The quantitative estimate of drug-likeness (QED) is 0.927. The lowest BCUT2D eigenvalue weighted by Crippen LogP contribution is -2.34. The van der Waals surface area contributed by atoms with Crippen molar-refractivity contribution in [3.05, 3.63) is 35.9 Å². The Morgan fingerprint density at radius 2 is 2.13 bits per heavy atom. The molecule has 2 saturated heterocycles. The lowest BCUT2D eigenvalue weighted by atomic mass is 9.83. The van der Waals surface area contributed by atoms with Crippen molar-refractivity contribution < 1.29 is 4.79 Å². The van der Waals surface area contributed by atoms with Crippen molar-refractivity contribution >= 4 is 5.91 Å². The first-order chi connectivity index (χ1) is 11.1. The summed E-state index contributed by atoms with van der Waals surface area (Å²) in [5.41, 5.74) is 2.04. The van der Waals surface area contributed by atoms with E-state index in [-0.39, 0.29) is 0 Å². The number of likely N-dealkylation sites (tertiary alicyclic amines) is 1. The van der Waals surface area contributed by atoms with Gasteiger partial charge in [0.2, 0.25) is 5.91 Å². The molecule has 0 aromatic heterocycles. The highest BCUT2D eigenvalue weighted by atomic mass is 16.2. The van der Waals surface area contributed by atoms with E-state index in [2.05, 4.69) is 47.5 Å². The number of nitrogens with one attached hydrogen (secondary N) is 1. The molecular weight excluding hydrogens is 284 g/mol. The molecule has 3 heteroatoms. The summed E-state index contributed by atoms with van der Waals surface area (Å²) in [4.78, 5) is 15.0. The highest BCUT2D eigenvalue weighted by Gasteiger charge is 2.60. The summed E-state index contributed by atoms with van der Waals surface area (Å²) in [7, 11) is 0. The van der Waals surface area contributed by atoms with E-state index < -0.39 is 0 Å². The van der Waals surface area contributed by atoms with E-state index in [4.69, 9.17) is 0 Å². The van der Waals surface area contributed by atoms with Gasteiger partial charge in [0.05, 0.1) is 0 Å². The molecule has 1 spiro atoms. The summed E-state index contributed by atoms with van der Waals surface area (Å²) in [6.07, 6.45) is 5.77. The van der Waals surface area contributed by atoms with Gasteiger partial charge in [0.15, 0.2) is 0 Å². The Balaban J connectivity index is 1.32. The van der Waals surface area contributed by atoms with Gasteiger partial charge in [-0.2, -0.15) is 0 Å². The first kappa shape index (κ1) is 15.2. The molecule has 1 aliphatic carbocycles. The van der Waals surface area contributed by atoms with Crippen LogP contribution in [0.1, 0.15) is 38.2 Å². The number of carbonyl (C=O) groups is 1. The zero-order chi connectivity index (χ0) is 15.9.